The fraction of sp³-hybridized carbons (Fsp3) is 0.538. The molecule has 1 amide bonds. The van der Waals surface area contributed by atoms with E-state index in [2.05, 4.69) is 22.2 Å². The first-order valence-electron chi connectivity index (χ1n) is 6.57. The zero-order valence-corrected chi connectivity index (χ0v) is 11.2. The van der Waals surface area contributed by atoms with Gasteiger partial charge in [-0.05, 0) is 32.5 Å². The first-order chi connectivity index (χ1) is 9.08. The van der Waals surface area contributed by atoms with Gasteiger partial charge in [0.2, 0.25) is 0 Å². The number of nitrogens with two attached hydrogens (primary N) is 2. The standard InChI is InChI=1S/C13H21N5O/c1-18-5-3-2-4-10(18)8-17-13-11(12(15)19)6-9(14)7-16-13/h6-7,10H,2-5,8,14H2,1H3,(H2,15,19)(H,16,17). The third kappa shape index (κ3) is 3.35. The number of anilines is 2. The van der Waals surface area contributed by atoms with Crippen molar-refractivity contribution in [3.8, 4) is 0 Å². The fourth-order valence-corrected chi connectivity index (χ4v) is 2.43. The van der Waals surface area contributed by atoms with Crippen LogP contribution in [0.4, 0.5) is 11.5 Å². The number of nitrogen functional groups attached to an aromatic ring is 1. The molecule has 0 aromatic carbocycles. The second kappa shape index (κ2) is 5.88. The minimum atomic E-state index is -0.515. The van der Waals surface area contributed by atoms with Gasteiger partial charge in [-0.25, -0.2) is 4.98 Å². The topological polar surface area (TPSA) is 97.3 Å². The van der Waals surface area contributed by atoms with Crippen molar-refractivity contribution in [2.24, 2.45) is 5.73 Å². The molecule has 104 valence electrons. The number of rotatable bonds is 4. The van der Waals surface area contributed by atoms with Crippen molar-refractivity contribution in [3.05, 3.63) is 17.8 Å². The van der Waals surface area contributed by atoms with Crippen molar-refractivity contribution < 1.29 is 4.79 Å². The number of carbonyl (C=O) groups excluding carboxylic acids is 1. The number of hydrogen-bond acceptors (Lipinski definition) is 5. The van der Waals surface area contributed by atoms with Crippen LogP contribution in [0, 0.1) is 0 Å². The molecule has 0 saturated carbocycles. The Morgan fingerprint density at radius 1 is 1.58 bits per heavy atom. The summed E-state index contributed by atoms with van der Waals surface area (Å²) in [7, 11) is 2.12. The molecule has 1 aromatic heterocycles. The van der Waals surface area contributed by atoms with Crippen molar-refractivity contribution in [1.29, 1.82) is 0 Å². The second-order valence-corrected chi connectivity index (χ2v) is 5.04. The van der Waals surface area contributed by atoms with Gasteiger partial charge in [-0.15, -0.1) is 0 Å². The minimum absolute atomic E-state index is 0.346. The molecule has 2 heterocycles. The van der Waals surface area contributed by atoms with Crippen LogP contribution < -0.4 is 16.8 Å². The first-order valence-corrected chi connectivity index (χ1v) is 6.57. The van der Waals surface area contributed by atoms with Gasteiger partial charge in [0.1, 0.15) is 5.82 Å². The van der Waals surface area contributed by atoms with Crippen LogP contribution in [0.15, 0.2) is 12.3 Å². The maximum atomic E-state index is 11.4. The summed E-state index contributed by atoms with van der Waals surface area (Å²) < 4.78 is 0. The first kappa shape index (κ1) is 13.6. The minimum Gasteiger partial charge on any atom is -0.397 e. The number of hydrogen-bond donors (Lipinski definition) is 3. The van der Waals surface area contributed by atoms with Gasteiger partial charge in [-0.1, -0.05) is 6.42 Å². The molecule has 5 N–H and O–H groups in total. The number of aromatic nitrogens is 1. The van der Waals surface area contributed by atoms with Crippen LogP contribution in [0.25, 0.3) is 0 Å². The molecule has 0 bridgehead atoms. The smallest absolute Gasteiger partial charge is 0.252 e. The summed E-state index contributed by atoms with van der Waals surface area (Å²) in [5, 5.41) is 3.21. The summed E-state index contributed by atoms with van der Waals surface area (Å²) in [6.07, 6.45) is 5.18. The molecule has 1 aliphatic heterocycles. The third-order valence-corrected chi connectivity index (χ3v) is 3.60. The number of pyridine rings is 1. The Labute approximate surface area is 113 Å². The molecule has 2 rings (SSSR count). The van der Waals surface area contributed by atoms with Crippen LogP contribution in [-0.2, 0) is 0 Å². The Hall–Kier alpha value is -1.82. The Bertz CT molecular complexity index is 462. The molecule has 19 heavy (non-hydrogen) atoms. The number of likely N-dealkylation sites (tertiary alicyclic amines) is 1. The van der Waals surface area contributed by atoms with E-state index in [-0.39, 0.29) is 0 Å². The molecule has 6 heteroatoms. The van der Waals surface area contributed by atoms with Crippen LogP contribution >= 0.6 is 0 Å². The van der Waals surface area contributed by atoms with Crippen LogP contribution in [0.5, 0.6) is 0 Å². The van der Waals surface area contributed by atoms with Crippen LogP contribution in [-0.4, -0.2) is 42.0 Å². The highest BCUT2D eigenvalue weighted by atomic mass is 16.1. The molecular formula is C13H21N5O. The van der Waals surface area contributed by atoms with Crippen molar-refractivity contribution >= 4 is 17.4 Å². The van der Waals surface area contributed by atoms with Crippen LogP contribution in [0.1, 0.15) is 29.6 Å². The van der Waals surface area contributed by atoms with E-state index in [4.69, 9.17) is 11.5 Å². The number of carbonyl (C=O) groups is 1. The van der Waals surface area contributed by atoms with Crippen molar-refractivity contribution in [3.63, 3.8) is 0 Å². The number of nitrogens with zero attached hydrogens (tertiary/aromatic N) is 2. The normalized spacial score (nSPS) is 20.2. The van der Waals surface area contributed by atoms with Crippen molar-refractivity contribution in [2.45, 2.75) is 25.3 Å². The summed E-state index contributed by atoms with van der Waals surface area (Å²) in [6.45, 7) is 1.87. The van der Waals surface area contributed by atoms with Gasteiger partial charge in [-0.2, -0.15) is 0 Å². The van der Waals surface area contributed by atoms with Crippen LogP contribution in [0.3, 0.4) is 0 Å². The number of primary amides is 1. The largest absolute Gasteiger partial charge is 0.397 e. The Balaban J connectivity index is 2.04. The van der Waals surface area contributed by atoms with Gasteiger partial charge >= 0.3 is 0 Å². The highest BCUT2D eigenvalue weighted by molar-refractivity contribution is 5.98. The van der Waals surface area contributed by atoms with Gasteiger partial charge in [-0.3, -0.25) is 4.79 Å². The highest BCUT2D eigenvalue weighted by Crippen LogP contribution is 2.18. The monoisotopic (exact) mass is 263 g/mol. The lowest BCUT2D eigenvalue weighted by Gasteiger charge is -2.32. The Morgan fingerprint density at radius 2 is 2.37 bits per heavy atom. The molecule has 0 radical (unpaired) electrons. The van der Waals surface area contributed by atoms with E-state index in [1.54, 1.807) is 6.07 Å². The predicted molar refractivity (Wildman–Crippen MR) is 75.9 cm³/mol. The maximum absolute atomic E-state index is 11.4. The lowest BCUT2D eigenvalue weighted by atomic mass is 10.0. The van der Waals surface area contributed by atoms with Crippen LogP contribution in [0.2, 0.25) is 0 Å². The number of piperidine rings is 1. The number of likely N-dealkylation sites (N-methyl/N-ethyl adjacent to an activating group) is 1. The van der Waals surface area contributed by atoms with E-state index < -0.39 is 5.91 Å². The second-order valence-electron chi connectivity index (χ2n) is 5.04. The maximum Gasteiger partial charge on any atom is 0.252 e. The van der Waals surface area contributed by atoms with Crippen molar-refractivity contribution in [2.75, 3.05) is 31.2 Å². The molecule has 0 aliphatic carbocycles. The summed E-state index contributed by atoms with van der Waals surface area (Å²) in [5.74, 6) is -0.0000257. The summed E-state index contributed by atoms with van der Waals surface area (Å²) in [5.41, 5.74) is 11.7. The lowest BCUT2D eigenvalue weighted by molar-refractivity contribution is 0.100. The van der Waals surface area contributed by atoms with E-state index in [9.17, 15) is 4.79 Å². The SMILES string of the molecule is CN1CCCCC1CNc1ncc(N)cc1C(N)=O. The van der Waals surface area contributed by atoms with Crippen molar-refractivity contribution in [1.82, 2.24) is 9.88 Å². The summed E-state index contributed by atoms with van der Waals surface area (Å²) in [6, 6.07) is 2.02. The van der Waals surface area contributed by atoms with Gasteiger partial charge in [0, 0.05) is 12.6 Å². The Morgan fingerprint density at radius 3 is 3.05 bits per heavy atom. The zero-order valence-electron chi connectivity index (χ0n) is 11.2. The molecule has 1 atom stereocenters. The molecule has 1 saturated heterocycles. The van der Waals surface area contributed by atoms with Gasteiger partial charge in [0.25, 0.3) is 5.91 Å². The molecule has 1 unspecified atom stereocenters. The van der Waals surface area contributed by atoms with Gasteiger partial charge < -0.3 is 21.7 Å². The van der Waals surface area contributed by atoms with E-state index in [0.29, 0.717) is 23.1 Å². The number of nitrogens with one attached hydrogen (secondary N) is 1. The quantitative estimate of drug-likeness (QED) is 0.741. The zero-order chi connectivity index (χ0) is 13.8. The summed E-state index contributed by atoms with van der Waals surface area (Å²) in [4.78, 5) is 17.9. The molecule has 1 aromatic rings. The Kier molecular flexibility index (Phi) is 4.21. The molecule has 6 nitrogen and oxygen atoms in total. The number of amides is 1. The van der Waals surface area contributed by atoms with E-state index in [1.165, 1.54) is 19.0 Å². The summed E-state index contributed by atoms with van der Waals surface area (Å²) >= 11 is 0. The third-order valence-electron chi connectivity index (χ3n) is 3.60. The van der Waals surface area contributed by atoms with Gasteiger partial charge in [0.05, 0.1) is 17.4 Å². The molecular weight excluding hydrogens is 242 g/mol. The van der Waals surface area contributed by atoms with E-state index in [1.807, 2.05) is 0 Å². The van der Waals surface area contributed by atoms with E-state index >= 15 is 0 Å². The molecule has 0 spiro atoms. The highest BCUT2D eigenvalue weighted by Gasteiger charge is 2.19. The van der Waals surface area contributed by atoms with E-state index in [0.717, 1.165) is 19.5 Å². The fourth-order valence-electron chi connectivity index (χ4n) is 2.43. The lowest BCUT2D eigenvalue weighted by Crippen LogP contribution is -2.41. The average molecular weight is 263 g/mol. The van der Waals surface area contributed by atoms with Gasteiger partial charge in [0.15, 0.2) is 0 Å². The predicted octanol–water partition coefficient (Wildman–Crippen LogP) is 0.659. The average Bonchev–Trinajstić information content (AvgIpc) is 2.38. The molecule has 1 fully saturated rings. The molecule has 1 aliphatic rings.